The molecule has 0 atom stereocenters. The number of fused-ring (bicyclic) bond motifs is 16. The molecule has 10 aromatic carbocycles. The van der Waals surface area contributed by atoms with Crippen LogP contribution in [0.15, 0.2) is 212 Å². The molecule has 0 amide bonds. The van der Waals surface area contributed by atoms with Gasteiger partial charge in [0.2, 0.25) is 5.95 Å². The molecule has 0 aliphatic heterocycles. The Morgan fingerprint density at radius 1 is 0.270 bits per heavy atom. The predicted octanol–water partition coefficient (Wildman–Crippen LogP) is 14.9. The Balaban J connectivity index is 1.08. The van der Waals surface area contributed by atoms with Crippen molar-refractivity contribution in [1.29, 1.82) is 0 Å². The molecule has 14 aromatic rings. The van der Waals surface area contributed by atoms with Crippen molar-refractivity contribution < 1.29 is 0 Å². The third-order valence-corrected chi connectivity index (χ3v) is 13.2. The molecule has 0 unspecified atom stereocenters. The normalized spacial score (nSPS) is 12.1. The minimum Gasteiger partial charge on any atom is -0.309 e. The van der Waals surface area contributed by atoms with Crippen molar-refractivity contribution in [3.8, 4) is 28.6 Å². The molecular weight excluding hydrogens is 767 g/mol. The molecule has 63 heavy (non-hydrogen) atoms. The van der Waals surface area contributed by atoms with Crippen LogP contribution in [0.25, 0.3) is 126 Å². The van der Waals surface area contributed by atoms with E-state index in [2.05, 4.69) is 226 Å². The van der Waals surface area contributed by atoms with Gasteiger partial charge in [-0.15, -0.1) is 0 Å². The molecule has 0 bridgehead atoms. The molecule has 0 radical (unpaired) electrons. The van der Waals surface area contributed by atoms with Gasteiger partial charge < -0.3 is 9.13 Å². The van der Waals surface area contributed by atoms with Crippen LogP contribution in [0.4, 0.5) is 0 Å². The minimum absolute atomic E-state index is 0.649. The Bertz CT molecular complexity index is 4190. The highest BCUT2D eigenvalue weighted by Gasteiger charge is 2.24. The third-order valence-electron chi connectivity index (χ3n) is 13.2. The number of rotatable bonds is 4. The van der Waals surface area contributed by atoms with E-state index in [1.165, 1.54) is 48.7 Å². The summed E-state index contributed by atoms with van der Waals surface area (Å²) in [5.41, 5.74) is 12.0. The number of aromatic nitrogens is 5. The first-order valence-corrected chi connectivity index (χ1v) is 21.5. The topological polar surface area (TPSA) is 40.6 Å². The van der Waals surface area contributed by atoms with Crippen LogP contribution in [0.5, 0.6) is 0 Å². The first-order valence-electron chi connectivity index (χ1n) is 21.5. The van der Waals surface area contributed by atoms with Crippen molar-refractivity contribution in [3.63, 3.8) is 0 Å². The van der Waals surface area contributed by atoms with Crippen LogP contribution >= 0.6 is 0 Å². The number of hydrogen-bond donors (Lipinski definition) is 0. The molecular formula is C58H35N5. The van der Waals surface area contributed by atoms with E-state index >= 15 is 0 Å². The molecule has 0 aliphatic carbocycles. The van der Waals surface area contributed by atoms with E-state index in [0.717, 1.165) is 71.8 Å². The summed E-state index contributed by atoms with van der Waals surface area (Å²) in [4.78, 5) is 11.2. The first kappa shape index (κ1) is 34.2. The predicted molar refractivity (Wildman–Crippen MR) is 263 cm³/mol. The van der Waals surface area contributed by atoms with E-state index in [1.807, 2.05) is 0 Å². The minimum atomic E-state index is 0.649. The molecule has 5 heteroatoms. The summed E-state index contributed by atoms with van der Waals surface area (Å²) < 4.78 is 7.11. The molecule has 0 aliphatic rings. The lowest BCUT2D eigenvalue weighted by Crippen LogP contribution is -2.04. The summed E-state index contributed by atoms with van der Waals surface area (Å²) >= 11 is 0. The van der Waals surface area contributed by atoms with Crippen LogP contribution in [-0.4, -0.2) is 23.7 Å². The standard InChI is InChI=1S/C58H35N5/c1-3-17-36(18-4-1)56-55-42-24-9-7-21-39(42)40-22-8-10-25-43(40)57(55)60-58(59-56)63-49-30-16-13-27-45(49)54-52(63)34-33-51-53(54)44-26-12-15-29-48(44)62(51)38-31-32-50-46(35-38)41-23-11-14-28-47(41)61(50)37-19-5-2-6-20-37/h1-35H. The van der Waals surface area contributed by atoms with Crippen LogP contribution in [-0.2, 0) is 0 Å². The van der Waals surface area contributed by atoms with E-state index in [-0.39, 0.29) is 0 Å². The molecule has 14 rings (SSSR count). The lowest BCUT2D eigenvalue weighted by Gasteiger charge is -2.16. The van der Waals surface area contributed by atoms with E-state index < -0.39 is 0 Å². The second-order valence-electron chi connectivity index (χ2n) is 16.5. The van der Waals surface area contributed by atoms with Crippen molar-refractivity contribution in [2.75, 3.05) is 0 Å². The summed E-state index contributed by atoms with van der Waals surface area (Å²) in [5, 5.41) is 12.9. The molecule has 0 saturated carbocycles. The summed E-state index contributed by atoms with van der Waals surface area (Å²) in [6, 6.07) is 76.4. The Hall–Kier alpha value is -8.54. The van der Waals surface area contributed by atoms with Crippen molar-refractivity contribution in [3.05, 3.63) is 212 Å². The van der Waals surface area contributed by atoms with Crippen molar-refractivity contribution in [2.24, 2.45) is 0 Å². The Morgan fingerprint density at radius 2 is 0.730 bits per heavy atom. The zero-order chi connectivity index (χ0) is 41.2. The lowest BCUT2D eigenvalue weighted by molar-refractivity contribution is 1.02. The van der Waals surface area contributed by atoms with Crippen LogP contribution in [0.2, 0.25) is 0 Å². The van der Waals surface area contributed by atoms with Crippen LogP contribution in [0.3, 0.4) is 0 Å². The van der Waals surface area contributed by atoms with Gasteiger partial charge >= 0.3 is 0 Å². The number of hydrogen-bond acceptors (Lipinski definition) is 2. The monoisotopic (exact) mass is 801 g/mol. The van der Waals surface area contributed by atoms with Gasteiger partial charge in [0, 0.05) is 60.0 Å². The number of nitrogens with zero attached hydrogens (tertiary/aromatic N) is 5. The zero-order valence-corrected chi connectivity index (χ0v) is 33.9. The Morgan fingerprint density at radius 3 is 1.41 bits per heavy atom. The number of benzene rings is 10. The van der Waals surface area contributed by atoms with Gasteiger partial charge in [0.25, 0.3) is 0 Å². The molecule has 4 aromatic heterocycles. The van der Waals surface area contributed by atoms with Crippen LogP contribution < -0.4 is 0 Å². The second-order valence-corrected chi connectivity index (χ2v) is 16.5. The third kappa shape index (κ3) is 4.76. The fraction of sp³-hybridized carbons (Fsp3) is 0. The van der Waals surface area contributed by atoms with Gasteiger partial charge in [0.1, 0.15) is 0 Å². The maximum atomic E-state index is 5.60. The SMILES string of the molecule is c1ccc(-c2nc(-n3c4ccccc4c4c5c6ccccc6n(-c6ccc7c(c6)c6ccccc6n7-c6ccccc6)c5ccc43)nc3c4ccccc4c4ccccc4c23)cc1. The molecule has 5 nitrogen and oxygen atoms in total. The van der Waals surface area contributed by atoms with Crippen LogP contribution in [0.1, 0.15) is 0 Å². The fourth-order valence-corrected chi connectivity index (χ4v) is 10.6. The first-order chi connectivity index (χ1) is 31.3. The molecule has 4 heterocycles. The van der Waals surface area contributed by atoms with Crippen molar-refractivity contribution in [2.45, 2.75) is 0 Å². The van der Waals surface area contributed by atoms with E-state index in [1.54, 1.807) is 0 Å². The highest BCUT2D eigenvalue weighted by atomic mass is 15.2. The summed E-state index contributed by atoms with van der Waals surface area (Å²) in [6.07, 6.45) is 0. The summed E-state index contributed by atoms with van der Waals surface area (Å²) in [7, 11) is 0. The quantitative estimate of drug-likeness (QED) is 0.166. The molecule has 292 valence electrons. The van der Waals surface area contributed by atoms with Gasteiger partial charge in [-0.3, -0.25) is 4.57 Å². The highest BCUT2D eigenvalue weighted by Crippen LogP contribution is 2.45. The molecule has 0 spiro atoms. The van der Waals surface area contributed by atoms with Gasteiger partial charge in [0.15, 0.2) is 0 Å². The Labute approximate surface area is 360 Å². The highest BCUT2D eigenvalue weighted by molar-refractivity contribution is 6.30. The summed E-state index contributed by atoms with van der Waals surface area (Å²) in [6.45, 7) is 0. The Kier molecular flexibility index (Phi) is 7.05. The number of para-hydroxylation sites is 4. The van der Waals surface area contributed by atoms with E-state index in [0.29, 0.717) is 5.95 Å². The lowest BCUT2D eigenvalue weighted by atomic mass is 9.94. The van der Waals surface area contributed by atoms with Gasteiger partial charge in [0.05, 0.1) is 44.3 Å². The smallest absolute Gasteiger partial charge is 0.235 e. The van der Waals surface area contributed by atoms with Gasteiger partial charge in [-0.25, -0.2) is 9.97 Å². The average molecular weight is 802 g/mol. The largest absolute Gasteiger partial charge is 0.309 e. The zero-order valence-electron chi connectivity index (χ0n) is 33.9. The molecule has 0 N–H and O–H groups in total. The van der Waals surface area contributed by atoms with E-state index in [4.69, 9.17) is 9.97 Å². The van der Waals surface area contributed by atoms with Gasteiger partial charge in [-0.1, -0.05) is 152 Å². The van der Waals surface area contributed by atoms with Gasteiger partial charge in [-0.05, 0) is 76.8 Å². The van der Waals surface area contributed by atoms with Crippen molar-refractivity contribution in [1.82, 2.24) is 23.7 Å². The van der Waals surface area contributed by atoms with Gasteiger partial charge in [-0.2, -0.15) is 0 Å². The van der Waals surface area contributed by atoms with Crippen LogP contribution in [0, 0.1) is 0 Å². The maximum Gasteiger partial charge on any atom is 0.235 e. The van der Waals surface area contributed by atoms with E-state index in [9.17, 15) is 0 Å². The average Bonchev–Trinajstić information content (AvgIpc) is 4.00. The maximum absolute atomic E-state index is 5.60. The molecule has 0 fully saturated rings. The molecule has 0 saturated heterocycles. The van der Waals surface area contributed by atoms with Crippen molar-refractivity contribution >= 4 is 97.9 Å². The summed E-state index contributed by atoms with van der Waals surface area (Å²) in [5.74, 6) is 0.649. The fourth-order valence-electron chi connectivity index (χ4n) is 10.6. The second kappa shape index (κ2) is 13.0.